The fourth-order valence-corrected chi connectivity index (χ4v) is 2.90. The molecular weight excluding hydrogens is 248 g/mol. The van der Waals surface area contributed by atoms with Crippen LogP contribution >= 0.6 is 23.1 Å². The molecule has 0 fully saturated rings. The highest BCUT2D eigenvalue weighted by Gasteiger charge is 1.98. The Morgan fingerprint density at radius 1 is 1.41 bits per heavy atom. The molecule has 2 aromatic rings. The number of hydrogen-bond donors (Lipinski definition) is 1. The third-order valence-electron chi connectivity index (χ3n) is 2.03. The van der Waals surface area contributed by atoms with Crippen LogP contribution in [0.25, 0.3) is 0 Å². The Bertz CT molecular complexity index is 524. The van der Waals surface area contributed by atoms with Gasteiger partial charge in [-0.1, -0.05) is 35.7 Å². The SMILES string of the molecule is NCC#Cc1cccc(CSc2nccs2)c1. The van der Waals surface area contributed by atoms with Crippen molar-refractivity contribution in [1.82, 2.24) is 4.98 Å². The Morgan fingerprint density at radius 2 is 2.35 bits per heavy atom. The molecule has 1 aromatic carbocycles. The first-order valence-electron chi connectivity index (χ1n) is 5.18. The lowest BCUT2D eigenvalue weighted by Crippen LogP contribution is -1.93. The third kappa shape index (κ3) is 3.90. The van der Waals surface area contributed by atoms with E-state index in [-0.39, 0.29) is 0 Å². The Labute approximate surface area is 109 Å². The van der Waals surface area contributed by atoms with Crippen LogP contribution in [-0.4, -0.2) is 11.5 Å². The van der Waals surface area contributed by atoms with Gasteiger partial charge in [-0.15, -0.1) is 11.3 Å². The van der Waals surface area contributed by atoms with Crippen molar-refractivity contribution in [3.8, 4) is 11.8 Å². The fraction of sp³-hybridized carbons (Fsp3) is 0.154. The van der Waals surface area contributed by atoms with E-state index in [9.17, 15) is 0 Å². The minimum absolute atomic E-state index is 0.401. The van der Waals surface area contributed by atoms with E-state index in [2.05, 4.69) is 29.0 Å². The molecule has 0 spiro atoms. The van der Waals surface area contributed by atoms with Gasteiger partial charge in [-0.2, -0.15) is 0 Å². The Balaban J connectivity index is 2.01. The maximum absolute atomic E-state index is 5.35. The van der Waals surface area contributed by atoms with Crippen LogP contribution in [0.1, 0.15) is 11.1 Å². The van der Waals surface area contributed by atoms with Crippen molar-refractivity contribution < 1.29 is 0 Å². The summed E-state index contributed by atoms with van der Waals surface area (Å²) in [6.45, 7) is 0.401. The smallest absolute Gasteiger partial charge is 0.150 e. The second kappa shape index (κ2) is 6.45. The second-order valence-corrected chi connectivity index (χ2v) is 5.41. The summed E-state index contributed by atoms with van der Waals surface area (Å²) in [6, 6.07) is 8.23. The van der Waals surface area contributed by atoms with Gasteiger partial charge in [0.2, 0.25) is 0 Å². The van der Waals surface area contributed by atoms with Crippen molar-refractivity contribution in [2.45, 2.75) is 10.1 Å². The molecule has 0 amide bonds. The number of nitrogens with two attached hydrogens (primary N) is 1. The van der Waals surface area contributed by atoms with Crippen molar-refractivity contribution >= 4 is 23.1 Å². The van der Waals surface area contributed by atoms with Gasteiger partial charge in [0.15, 0.2) is 0 Å². The topological polar surface area (TPSA) is 38.9 Å². The van der Waals surface area contributed by atoms with E-state index < -0.39 is 0 Å². The summed E-state index contributed by atoms with van der Waals surface area (Å²) in [4.78, 5) is 4.24. The zero-order valence-electron chi connectivity index (χ0n) is 9.22. The molecule has 2 rings (SSSR count). The predicted octanol–water partition coefficient (Wildman–Crippen LogP) is 2.75. The van der Waals surface area contributed by atoms with Crippen molar-refractivity contribution in [1.29, 1.82) is 0 Å². The maximum Gasteiger partial charge on any atom is 0.150 e. The molecule has 0 bridgehead atoms. The zero-order valence-corrected chi connectivity index (χ0v) is 10.9. The molecule has 1 aromatic heterocycles. The molecule has 2 nitrogen and oxygen atoms in total. The molecule has 4 heteroatoms. The molecule has 0 aliphatic heterocycles. The molecule has 0 radical (unpaired) electrons. The van der Waals surface area contributed by atoms with Gasteiger partial charge < -0.3 is 5.73 Å². The second-order valence-electron chi connectivity index (χ2n) is 3.29. The fourth-order valence-electron chi connectivity index (χ4n) is 1.32. The normalized spacial score (nSPS) is 9.71. The van der Waals surface area contributed by atoms with E-state index in [1.165, 1.54) is 5.56 Å². The summed E-state index contributed by atoms with van der Waals surface area (Å²) in [5.41, 5.74) is 7.63. The maximum atomic E-state index is 5.35. The van der Waals surface area contributed by atoms with Crippen molar-refractivity contribution in [3.05, 3.63) is 47.0 Å². The van der Waals surface area contributed by atoms with Gasteiger partial charge in [-0.25, -0.2) is 4.98 Å². The van der Waals surface area contributed by atoms with Crippen LogP contribution in [0.5, 0.6) is 0 Å². The van der Waals surface area contributed by atoms with Gasteiger partial charge in [0, 0.05) is 22.9 Å². The largest absolute Gasteiger partial charge is 0.320 e. The van der Waals surface area contributed by atoms with Crippen molar-refractivity contribution in [2.75, 3.05) is 6.54 Å². The standard InChI is InChI=1S/C13H12N2S2/c14-6-2-5-11-3-1-4-12(9-11)10-17-13-15-7-8-16-13/h1,3-4,7-9H,6,10,14H2. The zero-order chi connectivity index (χ0) is 11.9. The summed E-state index contributed by atoms with van der Waals surface area (Å²) in [5.74, 6) is 6.83. The quantitative estimate of drug-likeness (QED) is 0.681. The number of aromatic nitrogens is 1. The number of benzene rings is 1. The first-order valence-corrected chi connectivity index (χ1v) is 7.05. The van der Waals surface area contributed by atoms with Gasteiger partial charge in [0.25, 0.3) is 0 Å². The first kappa shape index (κ1) is 12.2. The van der Waals surface area contributed by atoms with E-state index in [1.807, 2.05) is 23.7 Å². The minimum Gasteiger partial charge on any atom is -0.320 e. The van der Waals surface area contributed by atoms with Gasteiger partial charge in [-0.05, 0) is 17.7 Å². The average molecular weight is 260 g/mol. The minimum atomic E-state index is 0.401. The lowest BCUT2D eigenvalue weighted by Gasteiger charge is -1.99. The predicted molar refractivity (Wildman–Crippen MR) is 74.0 cm³/mol. The number of rotatable bonds is 3. The molecule has 0 aliphatic rings. The molecule has 1 heterocycles. The molecule has 0 saturated heterocycles. The van der Waals surface area contributed by atoms with Crippen LogP contribution in [0, 0.1) is 11.8 Å². The van der Waals surface area contributed by atoms with E-state index in [0.29, 0.717) is 6.54 Å². The average Bonchev–Trinajstić information content (AvgIpc) is 2.87. The highest BCUT2D eigenvalue weighted by atomic mass is 32.2. The highest BCUT2D eigenvalue weighted by molar-refractivity contribution is 8.00. The molecule has 86 valence electrons. The van der Waals surface area contributed by atoms with E-state index in [4.69, 9.17) is 5.73 Å². The van der Waals surface area contributed by atoms with E-state index in [1.54, 1.807) is 23.1 Å². The van der Waals surface area contributed by atoms with Crippen LogP contribution < -0.4 is 5.73 Å². The number of nitrogens with zero attached hydrogens (tertiary/aromatic N) is 1. The monoisotopic (exact) mass is 260 g/mol. The summed E-state index contributed by atoms with van der Waals surface area (Å²) in [5, 5.41) is 1.99. The van der Waals surface area contributed by atoms with Gasteiger partial charge in [-0.3, -0.25) is 0 Å². The summed E-state index contributed by atoms with van der Waals surface area (Å²) in [7, 11) is 0. The summed E-state index contributed by atoms with van der Waals surface area (Å²) in [6.07, 6.45) is 1.83. The highest BCUT2D eigenvalue weighted by Crippen LogP contribution is 2.24. The molecular formula is C13H12N2S2. The van der Waals surface area contributed by atoms with E-state index >= 15 is 0 Å². The van der Waals surface area contributed by atoms with Crippen LogP contribution in [0.2, 0.25) is 0 Å². The Morgan fingerprint density at radius 3 is 3.12 bits per heavy atom. The molecule has 0 atom stereocenters. The molecule has 17 heavy (non-hydrogen) atoms. The molecule has 2 N–H and O–H groups in total. The van der Waals surface area contributed by atoms with Crippen LogP contribution in [0.15, 0.2) is 40.2 Å². The van der Waals surface area contributed by atoms with Crippen LogP contribution in [0.4, 0.5) is 0 Å². The molecule has 0 unspecified atom stereocenters. The van der Waals surface area contributed by atoms with Crippen LogP contribution in [0.3, 0.4) is 0 Å². The summed E-state index contributed by atoms with van der Waals surface area (Å²) >= 11 is 3.41. The van der Waals surface area contributed by atoms with Gasteiger partial charge in [0.05, 0.1) is 6.54 Å². The van der Waals surface area contributed by atoms with Crippen molar-refractivity contribution in [3.63, 3.8) is 0 Å². The number of thioether (sulfide) groups is 1. The third-order valence-corrected chi connectivity index (χ3v) is 4.07. The number of hydrogen-bond acceptors (Lipinski definition) is 4. The summed E-state index contributed by atoms with van der Waals surface area (Å²) < 4.78 is 1.10. The van der Waals surface area contributed by atoms with Gasteiger partial charge in [0.1, 0.15) is 4.34 Å². The molecule has 0 saturated carbocycles. The number of thiazole rings is 1. The Kier molecular flexibility index (Phi) is 4.63. The van der Waals surface area contributed by atoms with Crippen molar-refractivity contribution in [2.24, 2.45) is 5.73 Å². The lowest BCUT2D eigenvalue weighted by molar-refractivity contribution is 1.24. The van der Waals surface area contributed by atoms with Gasteiger partial charge >= 0.3 is 0 Å². The first-order chi connectivity index (χ1) is 8.38. The van der Waals surface area contributed by atoms with Crippen LogP contribution in [-0.2, 0) is 5.75 Å². The Hall–Kier alpha value is -1.28. The lowest BCUT2D eigenvalue weighted by atomic mass is 10.1. The van der Waals surface area contributed by atoms with E-state index in [0.717, 1.165) is 15.7 Å². The molecule has 0 aliphatic carbocycles.